The Morgan fingerprint density at radius 1 is 1.03 bits per heavy atom. The third kappa shape index (κ3) is 4.87. The summed E-state index contributed by atoms with van der Waals surface area (Å²) in [6, 6.07) is 22.8. The molecule has 36 heavy (non-hydrogen) atoms. The van der Waals surface area contributed by atoms with E-state index in [-0.39, 0.29) is 11.6 Å². The fraction of sp³-hybridized carbons (Fsp3) is 0.172. The monoisotopic (exact) mass is 477 g/mol. The minimum Gasteiger partial charge on any atom is -0.360 e. The summed E-state index contributed by atoms with van der Waals surface area (Å²) in [5, 5.41) is 12.5. The highest BCUT2D eigenvalue weighted by Crippen LogP contribution is 2.28. The SMILES string of the molecule is CC(=O)c1ccc(CCN[C@@H](C(=O)c2c[nH]c3cc(-c4cn(C)nn4)ccc23)c2ccccc2)cc1. The van der Waals surface area contributed by atoms with Gasteiger partial charge in [0.05, 0.1) is 12.2 Å². The first kappa shape index (κ1) is 23.4. The molecule has 3 aromatic carbocycles. The van der Waals surface area contributed by atoms with Crippen LogP contribution >= 0.6 is 0 Å². The van der Waals surface area contributed by atoms with E-state index in [0.29, 0.717) is 17.7 Å². The largest absolute Gasteiger partial charge is 0.360 e. The first-order chi connectivity index (χ1) is 17.5. The molecule has 0 fully saturated rings. The number of ketones is 2. The predicted molar refractivity (Wildman–Crippen MR) is 140 cm³/mol. The maximum Gasteiger partial charge on any atom is 0.186 e. The molecule has 2 N–H and O–H groups in total. The number of fused-ring (bicyclic) bond motifs is 1. The van der Waals surface area contributed by atoms with Gasteiger partial charge in [-0.25, -0.2) is 0 Å². The molecular formula is C29H27N5O2. The average molecular weight is 478 g/mol. The van der Waals surface area contributed by atoms with Crippen molar-refractivity contribution in [3.05, 3.63) is 107 Å². The zero-order chi connectivity index (χ0) is 25.1. The standard InChI is InChI=1S/C29H27N5O2/c1-19(35)21-10-8-20(9-11-21)14-15-30-28(22-6-4-3-5-7-22)29(36)25-17-31-26-16-23(12-13-24(25)26)27-18-34(2)33-32-27/h3-13,16-18,28,30-31H,14-15H2,1-2H3/t28-/m1/s1. The van der Waals surface area contributed by atoms with Crippen LogP contribution in [0, 0.1) is 0 Å². The van der Waals surface area contributed by atoms with Crippen molar-refractivity contribution in [2.75, 3.05) is 6.54 Å². The van der Waals surface area contributed by atoms with E-state index in [1.807, 2.05) is 86.0 Å². The van der Waals surface area contributed by atoms with Crippen LogP contribution in [-0.2, 0) is 13.5 Å². The van der Waals surface area contributed by atoms with E-state index in [0.717, 1.165) is 39.7 Å². The van der Waals surface area contributed by atoms with E-state index in [2.05, 4.69) is 20.6 Å². The molecule has 1 atom stereocenters. The molecule has 7 heteroatoms. The Balaban J connectivity index is 1.37. The second-order valence-electron chi connectivity index (χ2n) is 8.91. The molecular weight excluding hydrogens is 450 g/mol. The number of carbonyl (C=O) groups excluding carboxylic acids is 2. The van der Waals surface area contributed by atoms with Gasteiger partial charge in [0.1, 0.15) is 5.69 Å². The van der Waals surface area contributed by atoms with Crippen LogP contribution in [0.5, 0.6) is 0 Å². The van der Waals surface area contributed by atoms with Gasteiger partial charge in [-0.1, -0.05) is 71.9 Å². The van der Waals surface area contributed by atoms with Gasteiger partial charge >= 0.3 is 0 Å². The maximum absolute atomic E-state index is 13.8. The highest BCUT2D eigenvalue weighted by Gasteiger charge is 2.24. The lowest BCUT2D eigenvalue weighted by atomic mass is 9.96. The number of nitrogens with one attached hydrogen (secondary N) is 2. The quantitative estimate of drug-likeness (QED) is 0.294. The molecule has 180 valence electrons. The van der Waals surface area contributed by atoms with Gasteiger partial charge in [0.15, 0.2) is 11.6 Å². The normalized spacial score (nSPS) is 12.1. The molecule has 0 amide bonds. The lowest BCUT2D eigenvalue weighted by Crippen LogP contribution is -2.30. The number of hydrogen-bond acceptors (Lipinski definition) is 5. The summed E-state index contributed by atoms with van der Waals surface area (Å²) in [4.78, 5) is 28.6. The van der Waals surface area contributed by atoms with Crippen LogP contribution in [-0.4, -0.2) is 38.1 Å². The fourth-order valence-electron chi connectivity index (χ4n) is 4.40. The molecule has 0 saturated carbocycles. The lowest BCUT2D eigenvalue weighted by molar-refractivity contribution is 0.0944. The van der Waals surface area contributed by atoms with Gasteiger partial charge in [0.25, 0.3) is 0 Å². The Morgan fingerprint density at radius 2 is 1.81 bits per heavy atom. The molecule has 0 bridgehead atoms. The van der Waals surface area contributed by atoms with Crippen molar-refractivity contribution in [3.63, 3.8) is 0 Å². The van der Waals surface area contributed by atoms with Crippen LogP contribution in [0.1, 0.15) is 44.8 Å². The first-order valence-corrected chi connectivity index (χ1v) is 11.9. The Labute approximate surface area is 209 Å². The van der Waals surface area contributed by atoms with Crippen LogP contribution in [0.4, 0.5) is 0 Å². The highest BCUT2D eigenvalue weighted by atomic mass is 16.1. The van der Waals surface area contributed by atoms with E-state index >= 15 is 0 Å². The van der Waals surface area contributed by atoms with E-state index < -0.39 is 6.04 Å². The Bertz CT molecular complexity index is 1520. The summed E-state index contributed by atoms with van der Waals surface area (Å²) in [6.07, 6.45) is 4.38. The Hall–Kier alpha value is -4.36. The van der Waals surface area contributed by atoms with Crippen molar-refractivity contribution < 1.29 is 9.59 Å². The van der Waals surface area contributed by atoms with Gasteiger partial charge in [-0.3, -0.25) is 14.3 Å². The van der Waals surface area contributed by atoms with Crippen molar-refractivity contribution in [3.8, 4) is 11.3 Å². The zero-order valence-corrected chi connectivity index (χ0v) is 20.2. The molecule has 0 spiro atoms. The van der Waals surface area contributed by atoms with Gasteiger partial charge in [0, 0.05) is 47.4 Å². The van der Waals surface area contributed by atoms with Gasteiger partial charge in [-0.2, -0.15) is 0 Å². The average Bonchev–Trinajstić information content (AvgIpc) is 3.53. The maximum atomic E-state index is 13.8. The molecule has 0 unspecified atom stereocenters. The smallest absolute Gasteiger partial charge is 0.186 e. The molecule has 5 aromatic rings. The summed E-state index contributed by atoms with van der Waals surface area (Å²) < 4.78 is 1.66. The molecule has 0 radical (unpaired) electrons. The van der Waals surface area contributed by atoms with Crippen molar-refractivity contribution in [1.82, 2.24) is 25.3 Å². The van der Waals surface area contributed by atoms with Gasteiger partial charge in [-0.15, -0.1) is 5.10 Å². The number of nitrogens with zero attached hydrogens (tertiary/aromatic N) is 3. The third-order valence-corrected chi connectivity index (χ3v) is 6.36. The number of benzene rings is 3. The van der Waals surface area contributed by atoms with Crippen LogP contribution in [0.3, 0.4) is 0 Å². The summed E-state index contributed by atoms with van der Waals surface area (Å²) in [5.74, 6) is 0.0589. The number of carbonyl (C=O) groups is 2. The topological polar surface area (TPSA) is 92.7 Å². The number of rotatable bonds is 9. The van der Waals surface area contributed by atoms with Crippen molar-refractivity contribution in [2.45, 2.75) is 19.4 Å². The van der Waals surface area contributed by atoms with Gasteiger partial charge in [0.2, 0.25) is 0 Å². The predicted octanol–water partition coefficient (Wildman–Crippen LogP) is 4.92. The van der Waals surface area contributed by atoms with Crippen LogP contribution in [0.15, 0.2) is 85.2 Å². The summed E-state index contributed by atoms with van der Waals surface area (Å²) in [6.45, 7) is 2.18. The van der Waals surface area contributed by atoms with Gasteiger partial charge < -0.3 is 10.3 Å². The minimum atomic E-state index is -0.485. The molecule has 2 aromatic heterocycles. The van der Waals surface area contributed by atoms with Crippen molar-refractivity contribution in [1.29, 1.82) is 0 Å². The molecule has 7 nitrogen and oxygen atoms in total. The van der Waals surface area contributed by atoms with E-state index in [4.69, 9.17) is 0 Å². The molecule has 2 heterocycles. The van der Waals surface area contributed by atoms with Gasteiger partial charge in [-0.05, 0) is 30.5 Å². The number of Topliss-reactive ketones (excluding diaryl/α,β-unsaturated/α-hetero) is 2. The Morgan fingerprint density at radius 3 is 2.50 bits per heavy atom. The second-order valence-corrected chi connectivity index (χ2v) is 8.91. The van der Waals surface area contributed by atoms with Crippen molar-refractivity contribution in [2.24, 2.45) is 7.05 Å². The zero-order valence-electron chi connectivity index (χ0n) is 20.2. The number of aromatic nitrogens is 4. The van der Waals surface area contributed by atoms with Crippen LogP contribution in [0.25, 0.3) is 22.2 Å². The van der Waals surface area contributed by atoms with Crippen molar-refractivity contribution >= 4 is 22.5 Å². The highest BCUT2D eigenvalue weighted by molar-refractivity contribution is 6.11. The molecule has 0 aliphatic heterocycles. The van der Waals surface area contributed by atoms with Crippen LogP contribution < -0.4 is 5.32 Å². The second kappa shape index (κ2) is 10.1. The first-order valence-electron chi connectivity index (χ1n) is 11.9. The number of H-pyrrole nitrogens is 1. The lowest BCUT2D eigenvalue weighted by Gasteiger charge is -2.18. The molecule has 0 aliphatic carbocycles. The Kier molecular flexibility index (Phi) is 6.56. The van der Waals surface area contributed by atoms with E-state index in [1.54, 1.807) is 17.8 Å². The van der Waals surface area contributed by atoms with E-state index in [1.165, 1.54) is 0 Å². The number of aryl methyl sites for hydroxylation is 1. The molecule has 5 rings (SSSR count). The minimum absolute atomic E-state index is 0.00614. The fourth-order valence-corrected chi connectivity index (χ4v) is 4.40. The van der Waals surface area contributed by atoms with E-state index in [9.17, 15) is 9.59 Å². The number of hydrogen-bond donors (Lipinski definition) is 2. The molecule has 0 saturated heterocycles. The van der Waals surface area contributed by atoms with Crippen LogP contribution in [0.2, 0.25) is 0 Å². The number of aromatic amines is 1. The summed E-state index contributed by atoms with van der Waals surface area (Å²) in [7, 11) is 1.83. The third-order valence-electron chi connectivity index (χ3n) is 6.36. The molecule has 0 aliphatic rings. The summed E-state index contributed by atoms with van der Waals surface area (Å²) >= 11 is 0. The summed E-state index contributed by atoms with van der Waals surface area (Å²) in [5.41, 5.74) is 5.95.